The molecule has 0 fully saturated rings. The van der Waals surface area contributed by atoms with Gasteiger partial charge in [-0.05, 0) is 77.0 Å². The zero-order valence-electron chi connectivity index (χ0n) is 43.6. The zero-order valence-corrected chi connectivity index (χ0v) is 44.5. The summed E-state index contributed by atoms with van der Waals surface area (Å²) in [6.07, 6.45) is 52.3. The molecular weight excluding hydrogens is 880 g/mol. The van der Waals surface area contributed by atoms with Crippen LogP contribution in [0.4, 0.5) is 0 Å². The molecule has 0 rings (SSSR count). The van der Waals surface area contributed by atoms with Crippen molar-refractivity contribution in [1.29, 1.82) is 0 Å². The van der Waals surface area contributed by atoms with Crippen LogP contribution in [-0.4, -0.2) is 66.5 Å². The average Bonchev–Trinajstić information content (AvgIpc) is 3.32. The summed E-state index contributed by atoms with van der Waals surface area (Å²) in [5, 5.41) is 9.77. The van der Waals surface area contributed by atoms with Gasteiger partial charge < -0.3 is 24.2 Å². The van der Waals surface area contributed by atoms with Crippen LogP contribution in [0.2, 0.25) is 0 Å². The predicted octanol–water partition coefficient (Wildman–Crippen LogP) is 15.8. The van der Waals surface area contributed by atoms with Crippen LogP contribution in [0.15, 0.2) is 48.6 Å². The van der Waals surface area contributed by atoms with Gasteiger partial charge in [-0.25, -0.2) is 4.57 Å². The van der Waals surface area contributed by atoms with E-state index in [1.807, 2.05) is 0 Å². The molecule has 0 saturated carbocycles. The molecule has 2 N–H and O–H groups in total. The maximum Gasteiger partial charge on any atom is 0.472 e. The Morgan fingerprint density at radius 1 is 0.426 bits per heavy atom. The van der Waals surface area contributed by atoms with Crippen LogP contribution in [0.1, 0.15) is 252 Å². The molecule has 3 atom stereocenters. The number of carbonyl (C=O) groups excluding carboxylic acids is 3. The summed E-state index contributed by atoms with van der Waals surface area (Å²) in [6.45, 7) is 4.48. The van der Waals surface area contributed by atoms with Crippen molar-refractivity contribution in [2.75, 3.05) is 26.4 Å². The fourth-order valence-corrected chi connectivity index (χ4v) is 8.33. The third-order valence-corrected chi connectivity index (χ3v) is 12.7. The first-order valence-corrected chi connectivity index (χ1v) is 29.0. The van der Waals surface area contributed by atoms with Crippen molar-refractivity contribution in [1.82, 2.24) is 0 Å². The van der Waals surface area contributed by atoms with Crippen molar-refractivity contribution in [2.24, 2.45) is 0 Å². The Morgan fingerprint density at radius 2 is 0.765 bits per heavy atom. The summed E-state index contributed by atoms with van der Waals surface area (Å²) in [4.78, 5) is 48.3. The fourth-order valence-electron chi connectivity index (χ4n) is 7.54. The van der Waals surface area contributed by atoms with Gasteiger partial charge in [-0.15, -0.1) is 0 Å². The predicted molar refractivity (Wildman–Crippen MR) is 279 cm³/mol. The minimum atomic E-state index is -4.74. The van der Waals surface area contributed by atoms with Gasteiger partial charge in [0.05, 0.1) is 19.8 Å². The van der Waals surface area contributed by atoms with Crippen molar-refractivity contribution in [2.45, 2.75) is 264 Å². The molecular formula is C56H101O11P. The van der Waals surface area contributed by atoms with Crippen molar-refractivity contribution >= 4 is 25.7 Å². The number of ether oxygens (including phenoxy) is 3. The van der Waals surface area contributed by atoms with E-state index in [0.717, 1.165) is 77.0 Å². The molecule has 0 heterocycles. The number of unbranched alkanes of at least 4 members (excludes halogenated alkanes) is 26. The minimum Gasteiger partial charge on any atom is -0.462 e. The molecule has 0 amide bonds. The molecule has 0 spiro atoms. The molecule has 12 heteroatoms. The maximum atomic E-state index is 12.9. The summed E-state index contributed by atoms with van der Waals surface area (Å²) >= 11 is 0. The minimum absolute atomic E-state index is 0.143. The Hall–Kier alpha value is -2.56. The van der Waals surface area contributed by atoms with Crippen LogP contribution >= 0.6 is 7.82 Å². The maximum absolute atomic E-state index is 12.9. The van der Waals surface area contributed by atoms with Gasteiger partial charge in [0.2, 0.25) is 0 Å². The normalized spacial score (nSPS) is 13.8. The van der Waals surface area contributed by atoms with Gasteiger partial charge in [0.25, 0.3) is 0 Å². The SMILES string of the molecule is CC/C=C\C/C=C\C/C=C\CCCCCC(=O)OC(CO)COP(=O)(O)OCC(COC(=O)CCCCCCCCCCC)OC(=O)CCCCCCCCCCC/C=C\CCCCCCCC. The first kappa shape index (κ1) is 65.4. The number of hydrogen-bond acceptors (Lipinski definition) is 10. The van der Waals surface area contributed by atoms with Crippen molar-refractivity contribution in [3.63, 3.8) is 0 Å². The molecule has 11 nitrogen and oxygen atoms in total. The van der Waals surface area contributed by atoms with Gasteiger partial charge in [0.1, 0.15) is 12.7 Å². The van der Waals surface area contributed by atoms with E-state index in [1.165, 1.54) is 116 Å². The van der Waals surface area contributed by atoms with E-state index in [0.29, 0.717) is 19.3 Å². The molecule has 0 radical (unpaired) electrons. The zero-order chi connectivity index (χ0) is 49.9. The molecule has 0 aromatic carbocycles. The van der Waals surface area contributed by atoms with Gasteiger partial charge in [-0.2, -0.15) is 0 Å². The van der Waals surface area contributed by atoms with E-state index < -0.39 is 57.8 Å². The standard InChI is InChI=1S/C56H101O11P/c1-4-7-10-13-16-19-21-23-24-25-26-27-28-30-32-35-38-41-44-47-56(60)67-53(49-63-54(58)45-42-39-36-33-18-15-12-9-6-3)51-65-68(61,62)64-50-52(48-57)66-55(59)46-43-40-37-34-31-29-22-20-17-14-11-8-5-2/h8,11,17,20,23-24,29,31,52-53,57H,4-7,9-10,12-16,18-19,21-22,25-28,30,32-51H2,1-3H3,(H,61,62)/b11-8-,20-17-,24-23-,31-29-. The second kappa shape index (κ2) is 50.8. The quantitative estimate of drug-likeness (QED) is 0.0197. The molecule has 0 saturated heterocycles. The number of hydrogen-bond donors (Lipinski definition) is 2. The van der Waals surface area contributed by atoms with Gasteiger partial charge in [-0.3, -0.25) is 23.4 Å². The monoisotopic (exact) mass is 981 g/mol. The number of aliphatic hydroxyl groups is 1. The van der Waals surface area contributed by atoms with E-state index >= 15 is 0 Å². The van der Waals surface area contributed by atoms with Gasteiger partial charge in [0, 0.05) is 19.3 Å². The van der Waals surface area contributed by atoms with Crippen molar-refractivity contribution in [3.05, 3.63) is 48.6 Å². The summed E-state index contributed by atoms with van der Waals surface area (Å²) < 4.78 is 39.3. The van der Waals surface area contributed by atoms with Gasteiger partial charge in [-0.1, -0.05) is 204 Å². The first-order chi connectivity index (χ1) is 33.2. The third kappa shape index (κ3) is 48.5. The summed E-state index contributed by atoms with van der Waals surface area (Å²) in [5.41, 5.74) is 0. The van der Waals surface area contributed by atoms with Gasteiger partial charge in [0.15, 0.2) is 6.10 Å². The highest BCUT2D eigenvalue weighted by Gasteiger charge is 2.28. The van der Waals surface area contributed by atoms with Crippen LogP contribution in [0.25, 0.3) is 0 Å². The number of rotatable bonds is 51. The van der Waals surface area contributed by atoms with Crippen molar-refractivity contribution < 1.29 is 52.2 Å². The first-order valence-electron chi connectivity index (χ1n) is 27.5. The summed E-state index contributed by atoms with van der Waals surface area (Å²) in [5.74, 6) is -1.49. The van der Waals surface area contributed by atoms with E-state index in [-0.39, 0.29) is 25.9 Å². The number of phosphoric ester groups is 1. The lowest BCUT2D eigenvalue weighted by molar-refractivity contribution is -0.161. The Kier molecular flexibility index (Phi) is 48.9. The third-order valence-electron chi connectivity index (χ3n) is 11.7. The number of allylic oxidation sites excluding steroid dienone is 8. The average molecular weight is 981 g/mol. The molecule has 0 aliphatic rings. The van der Waals surface area contributed by atoms with E-state index in [2.05, 4.69) is 69.4 Å². The lowest BCUT2D eigenvalue weighted by Gasteiger charge is -2.21. The fraction of sp³-hybridized carbons (Fsp3) is 0.804. The number of phosphoric acid groups is 1. The Morgan fingerprint density at radius 3 is 1.21 bits per heavy atom. The van der Waals surface area contributed by atoms with Crippen molar-refractivity contribution in [3.8, 4) is 0 Å². The highest BCUT2D eigenvalue weighted by Crippen LogP contribution is 2.43. The van der Waals surface area contributed by atoms with Gasteiger partial charge >= 0.3 is 25.7 Å². The largest absolute Gasteiger partial charge is 0.472 e. The number of aliphatic hydroxyl groups excluding tert-OH is 1. The van der Waals surface area contributed by atoms with E-state index in [4.69, 9.17) is 23.3 Å². The molecule has 0 bridgehead atoms. The molecule has 68 heavy (non-hydrogen) atoms. The molecule has 0 aromatic heterocycles. The lowest BCUT2D eigenvalue weighted by Crippen LogP contribution is -2.30. The van der Waals surface area contributed by atoms with Crippen LogP contribution in [0.5, 0.6) is 0 Å². The second-order valence-electron chi connectivity index (χ2n) is 18.4. The smallest absolute Gasteiger partial charge is 0.462 e. The molecule has 0 aromatic rings. The molecule has 396 valence electrons. The number of carbonyl (C=O) groups is 3. The Bertz CT molecular complexity index is 1330. The number of esters is 3. The summed E-state index contributed by atoms with van der Waals surface area (Å²) in [7, 11) is -4.74. The van der Waals surface area contributed by atoms with Crippen LogP contribution in [-0.2, 0) is 42.2 Å². The lowest BCUT2D eigenvalue weighted by atomic mass is 10.1. The molecule has 0 aliphatic carbocycles. The summed E-state index contributed by atoms with van der Waals surface area (Å²) in [6, 6.07) is 0. The van der Waals surface area contributed by atoms with E-state index in [9.17, 15) is 28.9 Å². The van der Waals surface area contributed by atoms with Crippen LogP contribution < -0.4 is 0 Å². The topological polar surface area (TPSA) is 155 Å². The highest BCUT2D eigenvalue weighted by molar-refractivity contribution is 7.47. The van der Waals surface area contributed by atoms with Crippen LogP contribution in [0, 0.1) is 0 Å². The van der Waals surface area contributed by atoms with Crippen LogP contribution in [0.3, 0.4) is 0 Å². The molecule has 0 aliphatic heterocycles. The Labute approximate surface area is 415 Å². The molecule has 3 unspecified atom stereocenters. The Balaban J connectivity index is 4.66. The van der Waals surface area contributed by atoms with E-state index in [1.54, 1.807) is 0 Å². The second-order valence-corrected chi connectivity index (χ2v) is 19.8. The highest BCUT2D eigenvalue weighted by atomic mass is 31.2.